The number of aromatic carboxylic acids is 1. The summed E-state index contributed by atoms with van der Waals surface area (Å²) in [6.45, 7) is 4.23. The van der Waals surface area contributed by atoms with Crippen molar-refractivity contribution in [3.63, 3.8) is 0 Å². The molecule has 0 saturated carbocycles. The van der Waals surface area contributed by atoms with Crippen LogP contribution in [0.15, 0.2) is 58.8 Å². The molecule has 9 heteroatoms. The van der Waals surface area contributed by atoms with Gasteiger partial charge in [0, 0.05) is 16.5 Å². The smallest absolute Gasteiger partial charge is 0.263 e. The molecule has 0 aliphatic heterocycles. The molecular weight excluding hydrogens is 456 g/mol. The number of carbonyl (C=O) groups is 1. The van der Waals surface area contributed by atoms with Crippen LogP contribution in [-0.4, -0.2) is 14.4 Å². The van der Waals surface area contributed by atoms with E-state index in [2.05, 4.69) is 18.6 Å². The van der Waals surface area contributed by atoms with Crippen LogP contribution in [0.3, 0.4) is 0 Å². The largest absolute Gasteiger partial charge is 0.540 e. The Morgan fingerprint density at radius 2 is 1.87 bits per heavy atom. The van der Waals surface area contributed by atoms with Crippen molar-refractivity contribution in [2.24, 2.45) is 5.92 Å². The maximum Gasteiger partial charge on any atom is 0.263 e. The lowest BCUT2D eigenvalue weighted by atomic mass is 10.0. The van der Waals surface area contributed by atoms with Gasteiger partial charge in [-0.2, -0.15) is 5.26 Å². The third-order valence-electron chi connectivity index (χ3n) is 4.44. The van der Waals surface area contributed by atoms with E-state index in [1.54, 1.807) is 5.38 Å². The number of thiophene rings is 1. The summed E-state index contributed by atoms with van der Waals surface area (Å²) in [7, 11) is -5.16. The lowest BCUT2D eigenvalue weighted by Crippen LogP contribution is -2.24. The molecule has 6 nitrogen and oxygen atoms in total. The van der Waals surface area contributed by atoms with Crippen LogP contribution < -0.4 is 9.83 Å². The maximum absolute atomic E-state index is 12.8. The van der Waals surface area contributed by atoms with Gasteiger partial charge in [0.1, 0.15) is 21.9 Å². The summed E-state index contributed by atoms with van der Waals surface area (Å²) in [6, 6.07) is 14.6. The zero-order valence-electron chi connectivity index (χ0n) is 16.8. The van der Waals surface area contributed by atoms with Gasteiger partial charge >= 0.3 is 0 Å². The Balaban J connectivity index is 1.97. The Labute approximate surface area is 188 Å². The van der Waals surface area contributed by atoms with Crippen LogP contribution in [-0.2, 0) is 16.4 Å². The highest BCUT2D eigenvalue weighted by atomic mass is 35.5. The summed E-state index contributed by atoms with van der Waals surface area (Å²) in [5.41, 5.74) is 1.28. The summed E-state index contributed by atoms with van der Waals surface area (Å²) in [6.07, 6.45) is 0.906. The van der Waals surface area contributed by atoms with Gasteiger partial charge in [0.25, 0.3) is 10.0 Å². The highest BCUT2D eigenvalue weighted by Gasteiger charge is 2.28. The van der Waals surface area contributed by atoms with Gasteiger partial charge in [-0.15, -0.1) is 0 Å². The lowest BCUT2D eigenvalue weighted by Gasteiger charge is -2.09. The summed E-state index contributed by atoms with van der Waals surface area (Å²) in [5.74, 6) is -0.961. The third kappa shape index (κ3) is 5.07. The van der Waals surface area contributed by atoms with Crippen molar-refractivity contribution >= 4 is 43.8 Å². The van der Waals surface area contributed by atoms with E-state index in [0.717, 1.165) is 16.9 Å². The first-order valence-electron chi connectivity index (χ1n) is 9.30. The molecule has 3 aromatic rings. The first kappa shape index (κ1) is 22.8. The fourth-order valence-electron chi connectivity index (χ4n) is 3.11. The molecule has 1 unspecified atom stereocenters. The van der Waals surface area contributed by atoms with Gasteiger partial charge in [-0.1, -0.05) is 37.6 Å². The molecule has 2 aromatic carbocycles. The van der Waals surface area contributed by atoms with Gasteiger partial charge in [0.2, 0.25) is 4.88 Å². The minimum absolute atomic E-state index is 0.0741. The Hall–Kier alpha value is -2.86. The molecule has 1 atom stereocenters. The maximum atomic E-state index is 12.8. The Bertz CT molecular complexity index is 1270. The van der Waals surface area contributed by atoms with E-state index >= 15 is 0 Å². The highest BCUT2D eigenvalue weighted by molar-refractivity contribution is 7.92. The molecule has 31 heavy (non-hydrogen) atoms. The standard InChI is InChI=1S/C22H19ClN2O4S2/c1-14(2)11-15-3-6-17(7-4-15)30-10-9-19(21(30)22(26)27)25-31(28,29)20-8-5-16(13-24)12-18(20)23/h3-10,12,14,25H,11H2,1-2H3. The number of carboxylic acids is 1. The molecule has 1 aromatic heterocycles. The van der Waals surface area contributed by atoms with Crippen molar-refractivity contribution in [3.05, 3.63) is 74.9 Å². The second-order valence-electron chi connectivity index (χ2n) is 7.28. The quantitative estimate of drug-likeness (QED) is 0.513. The zero-order chi connectivity index (χ0) is 22.8. The minimum Gasteiger partial charge on any atom is -0.540 e. The van der Waals surface area contributed by atoms with Crippen LogP contribution in [0.2, 0.25) is 5.02 Å². The Morgan fingerprint density at radius 3 is 2.42 bits per heavy atom. The summed E-state index contributed by atoms with van der Waals surface area (Å²) in [4.78, 5) is 12.2. The lowest BCUT2D eigenvalue weighted by molar-refractivity contribution is -0.254. The van der Waals surface area contributed by atoms with Crippen LogP contribution in [0.25, 0.3) is 4.90 Å². The molecule has 0 radical (unpaired) electrons. The van der Waals surface area contributed by atoms with Crippen LogP contribution in [0.5, 0.6) is 0 Å². The number of hydrogen-bond acceptors (Lipinski definition) is 5. The number of nitrogens with zero attached hydrogens (tertiary/aromatic N) is 1. The molecule has 0 spiro atoms. The fourth-order valence-corrected chi connectivity index (χ4v) is 6.55. The normalized spacial score (nSPS) is 11.9. The Kier molecular flexibility index (Phi) is 6.70. The van der Waals surface area contributed by atoms with Gasteiger partial charge in [-0.3, -0.25) is 4.72 Å². The number of benzene rings is 2. The van der Waals surface area contributed by atoms with Crippen LogP contribution in [0, 0.1) is 17.2 Å². The molecule has 1 N–H and O–H groups in total. The van der Waals surface area contributed by atoms with Gasteiger partial charge in [-0.25, -0.2) is 8.42 Å². The van der Waals surface area contributed by atoms with Gasteiger partial charge < -0.3 is 9.90 Å². The number of rotatable bonds is 7. The van der Waals surface area contributed by atoms with E-state index in [1.165, 1.54) is 24.3 Å². The van der Waals surface area contributed by atoms with E-state index in [0.29, 0.717) is 5.92 Å². The fraction of sp³-hybridized carbons (Fsp3) is 0.182. The number of carboxylic acid groups (broad SMARTS) is 1. The van der Waals surface area contributed by atoms with E-state index in [4.69, 9.17) is 16.9 Å². The molecule has 0 fully saturated rings. The predicted octanol–water partition coefficient (Wildman–Crippen LogP) is 4.31. The van der Waals surface area contributed by atoms with E-state index in [9.17, 15) is 18.3 Å². The number of anilines is 1. The van der Waals surface area contributed by atoms with Crippen molar-refractivity contribution in [1.29, 1.82) is 5.26 Å². The molecule has 3 rings (SSSR count). The van der Waals surface area contributed by atoms with Crippen LogP contribution >= 0.6 is 22.1 Å². The van der Waals surface area contributed by atoms with Crippen LogP contribution in [0.1, 0.15) is 34.6 Å². The third-order valence-corrected chi connectivity index (χ3v) is 8.30. The van der Waals surface area contributed by atoms with E-state index in [-0.39, 0.29) is 26.0 Å². The number of nitrogens with one attached hydrogen (secondary N) is 1. The monoisotopic (exact) mass is 474 g/mol. The average molecular weight is 475 g/mol. The van der Waals surface area contributed by atoms with Gasteiger partial charge in [0.05, 0.1) is 16.7 Å². The Morgan fingerprint density at radius 1 is 1.19 bits per heavy atom. The summed E-state index contributed by atoms with van der Waals surface area (Å²) >= 11 is 6.02. The van der Waals surface area contributed by atoms with E-state index in [1.807, 2.05) is 30.3 Å². The molecule has 0 saturated heterocycles. The first-order valence-corrected chi connectivity index (χ1v) is 12.5. The number of hydrogen-bond donors (Lipinski definition) is 1. The topological polar surface area (TPSA) is 110 Å². The summed E-state index contributed by atoms with van der Waals surface area (Å²) < 4.78 is 27.9. The number of nitriles is 1. The second kappa shape index (κ2) is 9.10. The molecule has 0 aliphatic rings. The van der Waals surface area contributed by atoms with Gasteiger partial charge in [0.15, 0.2) is 4.90 Å². The van der Waals surface area contributed by atoms with Gasteiger partial charge in [-0.05, 0) is 48.2 Å². The molecular formula is C22H19ClN2O4S2. The zero-order valence-corrected chi connectivity index (χ0v) is 19.1. The van der Waals surface area contributed by atoms with Crippen molar-refractivity contribution in [2.75, 3.05) is 4.72 Å². The molecule has 0 bridgehead atoms. The van der Waals surface area contributed by atoms with Crippen molar-refractivity contribution < 1.29 is 18.3 Å². The van der Waals surface area contributed by atoms with Crippen molar-refractivity contribution in [2.45, 2.75) is 25.2 Å². The number of halogens is 1. The van der Waals surface area contributed by atoms with Crippen molar-refractivity contribution in [3.8, 4) is 11.0 Å². The van der Waals surface area contributed by atoms with E-state index < -0.39 is 26.5 Å². The molecule has 0 aliphatic carbocycles. The number of carbonyl (C=O) groups excluding carboxylic acids is 1. The number of sulfonamides is 1. The molecule has 0 amide bonds. The highest BCUT2D eigenvalue weighted by Crippen LogP contribution is 2.41. The molecule has 1 heterocycles. The average Bonchev–Trinajstić information content (AvgIpc) is 3.10. The second-order valence-corrected chi connectivity index (χ2v) is 11.2. The molecule has 160 valence electrons. The van der Waals surface area contributed by atoms with Crippen molar-refractivity contribution in [1.82, 2.24) is 0 Å². The summed E-state index contributed by atoms with van der Waals surface area (Å²) in [5, 5.41) is 22.3. The predicted molar refractivity (Wildman–Crippen MR) is 120 cm³/mol. The SMILES string of the molecule is CC(C)Cc1ccc(-[s+]2ccc(NS(=O)(=O)c3ccc(C#N)cc3Cl)c2C(=O)[O-])cc1. The first-order chi connectivity index (χ1) is 14.6. The van der Waals surface area contributed by atoms with Crippen LogP contribution in [0.4, 0.5) is 5.69 Å². The minimum atomic E-state index is -4.18.